The number of benzene rings is 1. The van der Waals surface area contributed by atoms with Crippen LogP contribution in [-0.2, 0) is 0 Å². The molecule has 0 unspecified atom stereocenters. The van der Waals surface area contributed by atoms with E-state index in [2.05, 4.69) is 15.6 Å². The van der Waals surface area contributed by atoms with Gasteiger partial charge in [0.25, 0.3) is 0 Å². The van der Waals surface area contributed by atoms with Crippen molar-refractivity contribution < 1.29 is 9.59 Å². The van der Waals surface area contributed by atoms with Gasteiger partial charge in [0, 0.05) is 22.5 Å². The van der Waals surface area contributed by atoms with Crippen molar-refractivity contribution in [1.29, 1.82) is 0 Å². The van der Waals surface area contributed by atoms with Crippen LogP contribution in [0.5, 0.6) is 0 Å². The van der Waals surface area contributed by atoms with Gasteiger partial charge in [-0.15, -0.1) is 11.3 Å². The number of ketones is 1. The van der Waals surface area contributed by atoms with Crippen LogP contribution in [0.4, 0.5) is 15.6 Å². The first-order valence-electron chi connectivity index (χ1n) is 6.76. The van der Waals surface area contributed by atoms with Crippen LogP contribution in [0.2, 0.25) is 0 Å². The summed E-state index contributed by atoms with van der Waals surface area (Å²) in [4.78, 5) is 27.6. The van der Waals surface area contributed by atoms with Gasteiger partial charge in [-0.3, -0.25) is 10.1 Å². The Balaban J connectivity index is 1.62. The molecule has 0 bridgehead atoms. The van der Waals surface area contributed by atoms with Crippen molar-refractivity contribution in [1.82, 2.24) is 4.98 Å². The van der Waals surface area contributed by atoms with Gasteiger partial charge in [0.1, 0.15) is 0 Å². The fourth-order valence-corrected chi connectivity index (χ4v) is 2.77. The molecule has 2 N–H and O–H groups in total. The maximum atomic E-state index is 11.9. The minimum absolute atomic E-state index is 0.0342. The van der Waals surface area contributed by atoms with Crippen molar-refractivity contribution in [3.63, 3.8) is 0 Å². The predicted octanol–water partition coefficient (Wildman–Crippen LogP) is 3.87. The summed E-state index contributed by atoms with van der Waals surface area (Å²) in [5, 5.41) is 8.00. The molecule has 5 nitrogen and oxygen atoms in total. The minimum Gasteiger partial charge on any atom is -0.308 e. The van der Waals surface area contributed by atoms with E-state index in [0.717, 1.165) is 5.69 Å². The molecule has 1 aliphatic carbocycles. The zero-order valence-corrected chi connectivity index (χ0v) is 12.4. The number of carbonyl (C=O) groups excluding carboxylic acids is 2. The molecule has 21 heavy (non-hydrogen) atoms. The molecule has 0 spiro atoms. The average Bonchev–Trinajstić information content (AvgIpc) is 3.20. The Morgan fingerprint density at radius 1 is 1.29 bits per heavy atom. The Labute approximate surface area is 126 Å². The molecule has 0 radical (unpaired) electrons. The average molecular weight is 301 g/mol. The lowest BCUT2D eigenvalue weighted by Crippen LogP contribution is -2.19. The molecule has 0 aliphatic heterocycles. The number of hydrogen-bond acceptors (Lipinski definition) is 4. The zero-order chi connectivity index (χ0) is 14.8. The summed E-state index contributed by atoms with van der Waals surface area (Å²) in [6.45, 7) is 1.49. The third-order valence-corrected chi connectivity index (χ3v) is 4.04. The van der Waals surface area contributed by atoms with Crippen LogP contribution < -0.4 is 10.6 Å². The van der Waals surface area contributed by atoms with Crippen molar-refractivity contribution in [2.24, 2.45) is 0 Å². The highest BCUT2D eigenvalue weighted by molar-refractivity contribution is 7.14. The quantitative estimate of drug-likeness (QED) is 0.842. The fourth-order valence-electron chi connectivity index (χ4n) is 1.99. The van der Waals surface area contributed by atoms with Gasteiger partial charge < -0.3 is 5.32 Å². The molecule has 1 heterocycles. The zero-order valence-electron chi connectivity index (χ0n) is 11.6. The lowest BCUT2D eigenvalue weighted by molar-refractivity contribution is 0.101. The van der Waals surface area contributed by atoms with Gasteiger partial charge in [-0.05, 0) is 31.9 Å². The summed E-state index contributed by atoms with van der Waals surface area (Å²) in [5.41, 5.74) is 2.21. The van der Waals surface area contributed by atoms with Crippen LogP contribution in [0.15, 0.2) is 29.6 Å². The third-order valence-electron chi connectivity index (χ3n) is 3.27. The number of Topliss-reactive ketones (excluding diaryl/α,β-unsaturated/α-hetero) is 1. The Morgan fingerprint density at radius 2 is 2.10 bits per heavy atom. The molecule has 0 atom stereocenters. The molecule has 0 saturated heterocycles. The summed E-state index contributed by atoms with van der Waals surface area (Å²) < 4.78 is 0. The van der Waals surface area contributed by atoms with Gasteiger partial charge in [0.15, 0.2) is 10.9 Å². The van der Waals surface area contributed by atoms with E-state index in [1.54, 1.807) is 24.3 Å². The molecule has 6 heteroatoms. The fraction of sp³-hybridized carbons (Fsp3) is 0.267. The molecular formula is C15H15N3O2S. The number of rotatable bonds is 4. The highest BCUT2D eigenvalue weighted by Crippen LogP contribution is 2.40. The maximum Gasteiger partial charge on any atom is 0.325 e. The molecular weight excluding hydrogens is 286 g/mol. The first kappa shape index (κ1) is 13.8. The minimum atomic E-state index is -0.354. The molecule has 1 aromatic heterocycles. The van der Waals surface area contributed by atoms with Gasteiger partial charge in [-0.25, -0.2) is 9.78 Å². The van der Waals surface area contributed by atoms with Gasteiger partial charge in [-0.2, -0.15) is 0 Å². The third kappa shape index (κ3) is 3.46. The lowest BCUT2D eigenvalue weighted by Gasteiger charge is -2.06. The van der Waals surface area contributed by atoms with Crippen molar-refractivity contribution >= 4 is 34.0 Å². The summed E-state index contributed by atoms with van der Waals surface area (Å²) in [5.74, 6) is 0.542. The van der Waals surface area contributed by atoms with Crippen LogP contribution in [0.25, 0.3) is 0 Å². The van der Waals surface area contributed by atoms with E-state index in [4.69, 9.17) is 0 Å². The number of anilines is 2. The number of nitrogens with one attached hydrogen (secondary N) is 2. The molecule has 2 aromatic rings. The van der Waals surface area contributed by atoms with Crippen LogP contribution in [0.1, 0.15) is 41.7 Å². The van der Waals surface area contributed by atoms with Gasteiger partial charge >= 0.3 is 6.03 Å². The van der Waals surface area contributed by atoms with Gasteiger partial charge in [0.2, 0.25) is 0 Å². The second-order valence-corrected chi connectivity index (χ2v) is 5.93. The predicted molar refractivity (Wildman–Crippen MR) is 83.2 cm³/mol. The van der Waals surface area contributed by atoms with E-state index in [0.29, 0.717) is 22.3 Å². The Kier molecular flexibility index (Phi) is 3.70. The Hall–Kier alpha value is -2.21. The second kappa shape index (κ2) is 5.65. The van der Waals surface area contributed by atoms with Crippen LogP contribution in [0, 0.1) is 0 Å². The van der Waals surface area contributed by atoms with E-state index in [-0.39, 0.29) is 11.8 Å². The van der Waals surface area contributed by atoms with Crippen LogP contribution in [-0.4, -0.2) is 16.8 Å². The molecule has 108 valence electrons. The molecule has 1 saturated carbocycles. The van der Waals surface area contributed by atoms with Crippen molar-refractivity contribution in [2.75, 3.05) is 10.6 Å². The second-order valence-electron chi connectivity index (χ2n) is 5.07. The highest BCUT2D eigenvalue weighted by Gasteiger charge is 2.26. The van der Waals surface area contributed by atoms with E-state index in [9.17, 15) is 9.59 Å². The number of aromatic nitrogens is 1. The summed E-state index contributed by atoms with van der Waals surface area (Å²) in [6.07, 6.45) is 2.38. The van der Waals surface area contributed by atoms with E-state index in [1.165, 1.54) is 31.1 Å². The summed E-state index contributed by atoms with van der Waals surface area (Å²) in [7, 11) is 0. The topological polar surface area (TPSA) is 71.1 Å². The lowest BCUT2D eigenvalue weighted by atomic mass is 10.1. The summed E-state index contributed by atoms with van der Waals surface area (Å²) in [6, 6.07) is 6.49. The van der Waals surface area contributed by atoms with E-state index in [1.807, 2.05) is 5.38 Å². The molecule has 3 rings (SSSR count). The largest absolute Gasteiger partial charge is 0.325 e. The van der Waals surface area contributed by atoms with Crippen molar-refractivity contribution in [2.45, 2.75) is 25.7 Å². The summed E-state index contributed by atoms with van der Waals surface area (Å²) >= 11 is 1.43. The van der Waals surface area contributed by atoms with Gasteiger partial charge in [-0.1, -0.05) is 12.1 Å². The normalized spacial score (nSPS) is 13.8. The molecule has 1 aliphatic rings. The monoisotopic (exact) mass is 301 g/mol. The molecule has 2 amide bonds. The Bertz CT molecular complexity index is 692. The number of hydrogen-bond donors (Lipinski definition) is 2. The first-order chi connectivity index (χ1) is 10.1. The smallest absolute Gasteiger partial charge is 0.308 e. The van der Waals surface area contributed by atoms with Gasteiger partial charge in [0.05, 0.1) is 5.69 Å². The number of nitrogens with zero attached hydrogens (tertiary/aromatic N) is 1. The molecule has 1 fully saturated rings. The number of urea groups is 1. The van der Waals surface area contributed by atoms with Crippen LogP contribution in [0.3, 0.4) is 0 Å². The van der Waals surface area contributed by atoms with Crippen molar-refractivity contribution in [3.05, 3.63) is 40.9 Å². The standard InChI is InChI=1S/C15H15N3O2S/c1-9(19)11-3-2-4-12(7-11)16-14(20)18-15-17-13(8-21-15)10-5-6-10/h2-4,7-8,10H,5-6H2,1H3,(H2,16,17,18,20). The van der Waals surface area contributed by atoms with Crippen molar-refractivity contribution in [3.8, 4) is 0 Å². The highest BCUT2D eigenvalue weighted by atomic mass is 32.1. The molecule has 1 aromatic carbocycles. The van der Waals surface area contributed by atoms with Crippen LogP contribution >= 0.6 is 11.3 Å². The first-order valence-corrected chi connectivity index (χ1v) is 7.64. The SMILES string of the molecule is CC(=O)c1cccc(NC(=O)Nc2nc(C3CC3)cs2)c1. The maximum absolute atomic E-state index is 11.9. The van der Waals surface area contributed by atoms with E-state index < -0.39 is 0 Å². The van der Waals surface area contributed by atoms with E-state index >= 15 is 0 Å². The number of thiazole rings is 1. The Morgan fingerprint density at radius 3 is 2.81 bits per heavy atom. The number of carbonyl (C=O) groups is 2. The number of amides is 2.